The van der Waals surface area contributed by atoms with Crippen molar-refractivity contribution in [1.29, 1.82) is 0 Å². The Bertz CT molecular complexity index is 552. The molecule has 2 aliphatic heterocycles. The van der Waals surface area contributed by atoms with E-state index in [1.165, 1.54) is 0 Å². The second-order valence-electron chi connectivity index (χ2n) is 7.33. The summed E-state index contributed by atoms with van der Waals surface area (Å²) in [5.41, 5.74) is 6.96. The molecule has 5 nitrogen and oxygen atoms in total. The quantitative estimate of drug-likeness (QED) is 0.836. The lowest BCUT2D eigenvalue weighted by molar-refractivity contribution is -0.138. The maximum absolute atomic E-state index is 13.4. The Morgan fingerprint density at radius 2 is 1.77 bits per heavy atom. The molecule has 148 valence electrons. The van der Waals surface area contributed by atoms with Gasteiger partial charge in [0.1, 0.15) is 6.04 Å². The van der Waals surface area contributed by atoms with Crippen LogP contribution in [0.25, 0.3) is 0 Å². The molecule has 0 saturated carbocycles. The fraction of sp³-hybridized carbons (Fsp3) is 0.632. The fourth-order valence-corrected chi connectivity index (χ4v) is 4.00. The molecular weight excluding hydrogens is 371 g/mol. The van der Waals surface area contributed by atoms with Crippen LogP contribution in [0.5, 0.6) is 0 Å². The smallest absolute Gasteiger partial charge is 0.244 e. The van der Waals surface area contributed by atoms with E-state index in [2.05, 4.69) is 40.8 Å². The molecule has 2 aliphatic rings. The number of rotatable bonds is 4. The average molecular weight is 403 g/mol. The van der Waals surface area contributed by atoms with Crippen molar-refractivity contribution in [3.05, 3.63) is 35.9 Å². The monoisotopic (exact) mass is 402 g/mol. The second kappa shape index (κ2) is 10.5. The van der Waals surface area contributed by atoms with E-state index in [0.29, 0.717) is 12.5 Å². The van der Waals surface area contributed by atoms with Gasteiger partial charge in [-0.3, -0.25) is 9.69 Å². The lowest BCUT2D eigenvalue weighted by atomic mass is 10.0. The van der Waals surface area contributed by atoms with Crippen LogP contribution < -0.4 is 5.73 Å². The molecule has 1 aromatic rings. The molecule has 0 spiro atoms. The Labute approximate surface area is 169 Å². The summed E-state index contributed by atoms with van der Waals surface area (Å²) in [6, 6.07) is 10.4. The molecule has 2 heterocycles. The van der Waals surface area contributed by atoms with Crippen LogP contribution in [0.2, 0.25) is 0 Å². The summed E-state index contributed by atoms with van der Waals surface area (Å²) in [7, 11) is 2.14. The molecule has 3 rings (SSSR count). The number of halogens is 2. The number of hydrogen-bond acceptors (Lipinski definition) is 4. The van der Waals surface area contributed by atoms with Gasteiger partial charge in [-0.2, -0.15) is 0 Å². The zero-order valence-corrected chi connectivity index (χ0v) is 17.3. The molecule has 1 amide bonds. The minimum Gasteiger partial charge on any atom is -0.338 e. The summed E-state index contributed by atoms with van der Waals surface area (Å²) in [5.74, 6) is 0.682. The van der Waals surface area contributed by atoms with Crippen LogP contribution in [-0.2, 0) is 4.79 Å². The zero-order valence-electron chi connectivity index (χ0n) is 15.7. The van der Waals surface area contributed by atoms with Gasteiger partial charge in [-0.1, -0.05) is 30.3 Å². The van der Waals surface area contributed by atoms with Gasteiger partial charge in [0.2, 0.25) is 5.91 Å². The molecule has 3 unspecified atom stereocenters. The lowest BCUT2D eigenvalue weighted by Crippen LogP contribution is -2.51. The molecule has 0 bridgehead atoms. The normalized spacial score (nSPS) is 25.3. The topological polar surface area (TPSA) is 52.8 Å². The van der Waals surface area contributed by atoms with Crippen molar-refractivity contribution in [2.75, 3.05) is 46.3 Å². The zero-order chi connectivity index (χ0) is 17.1. The molecular formula is C19H32Cl2N4O. The molecule has 2 fully saturated rings. The molecule has 26 heavy (non-hydrogen) atoms. The summed E-state index contributed by atoms with van der Waals surface area (Å²) < 4.78 is 0. The highest BCUT2D eigenvalue weighted by atomic mass is 35.5. The van der Waals surface area contributed by atoms with E-state index in [1.807, 2.05) is 18.2 Å². The van der Waals surface area contributed by atoms with E-state index in [-0.39, 0.29) is 42.8 Å². The first-order valence-corrected chi connectivity index (χ1v) is 9.08. The minimum atomic E-state index is -0.168. The summed E-state index contributed by atoms with van der Waals surface area (Å²) in [4.78, 5) is 20.2. The molecule has 0 aliphatic carbocycles. The first kappa shape index (κ1) is 23.2. The number of hydrogen-bond donors (Lipinski definition) is 1. The van der Waals surface area contributed by atoms with E-state index in [9.17, 15) is 4.79 Å². The van der Waals surface area contributed by atoms with E-state index >= 15 is 0 Å². The van der Waals surface area contributed by atoms with Gasteiger partial charge in [-0.15, -0.1) is 24.8 Å². The van der Waals surface area contributed by atoms with Gasteiger partial charge >= 0.3 is 0 Å². The first-order valence-electron chi connectivity index (χ1n) is 9.08. The number of likely N-dealkylation sites (tertiary alicyclic amines) is 1. The van der Waals surface area contributed by atoms with Gasteiger partial charge in [-0.25, -0.2) is 0 Å². The van der Waals surface area contributed by atoms with Crippen molar-refractivity contribution in [2.45, 2.75) is 25.4 Å². The van der Waals surface area contributed by atoms with Gasteiger partial charge in [0.25, 0.3) is 0 Å². The fourth-order valence-electron chi connectivity index (χ4n) is 4.00. The van der Waals surface area contributed by atoms with Crippen molar-refractivity contribution < 1.29 is 4.79 Å². The van der Waals surface area contributed by atoms with Gasteiger partial charge in [0, 0.05) is 38.8 Å². The van der Waals surface area contributed by atoms with E-state index < -0.39 is 0 Å². The van der Waals surface area contributed by atoms with E-state index in [0.717, 1.165) is 44.7 Å². The molecule has 2 N–H and O–H groups in total. The van der Waals surface area contributed by atoms with Crippen LogP contribution in [0.4, 0.5) is 0 Å². The van der Waals surface area contributed by atoms with Crippen molar-refractivity contribution in [3.63, 3.8) is 0 Å². The van der Waals surface area contributed by atoms with Crippen molar-refractivity contribution >= 4 is 30.7 Å². The molecule has 2 saturated heterocycles. The van der Waals surface area contributed by atoms with Crippen molar-refractivity contribution in [2.24, 2.45) is 11.7 Å². The third-order valence-electron chi connectivity index (χ3n) is 5.53. The van der Waals surface area contributed by atoms with Gasteiger partial charge in [0.05, 0.1) is 0 Å². The summed E-state index contributed by atoms with van der Waals surface area (Å²) in [6.07, 6.45) is 1.02. The number of nitrogens with zero attached hydrogens (tertiary/aromatic N) is 3. The maximum Gasteiger partial charge on any atom is 0.244 e. The molecule has 3 atom stereocenters. The Hall–Kier alpha value is -0.850. The van der Waals surface area contributed by atoms with E-state index in [1.54, 1.807) is 0 Å². The number of carbonyl (C=O) groups is 1. The van der Waals surface area contributed by atoms with Crippen LogP contribution in [0.3, 0.4) is 0 Å². The number of benzene rings is 1. The molecule has 0 radical (unpaired) electrons. The number of carbonyl (C=O) groups excluding carboxylic acids is 1. The van der Waals surface area contributed by atoms with E-state index in [4.69, 9.17) is 5.73 Å². The minimum absolute atomic E-state index is 0. The average Bonchev–Trinajstić information content (AvgIpc) is 2.99. The van der Waals surface area contributed by atoms with Crippen molar-refractivity contribution in [1.82, 2.24) is 14.7 Å². The van der Waals surface area contributed by atoms with Gasteiger partial charge < -0.3 is 15.5 Å². The lowest BCUT2D eigenvalue weighted by Gasteiger charge is -2.39. The largest absolute Gasteiger partial charge is 0.338 e. The third kappa shape index (κ3) is 5.11. The third-order valence-corrected chi connectivity index (χ3v) is 5.53. The number of likely N-dealkylation sites (N-methyl/N-ethyl adjacent to an activating group) is 1. The highest BCUT2D eigenvalue weighted by Gasteiger charge is 2.38. The highest BCUT2D eigenvalue weighted by Crippen LogP contribution is 2.30. The number of piperazine rings is 1. The Kier molecular flexibility index (Phi) is 9.34. The maximum atomic E-state index is 13.4. The molecule has 7 heteroatoms. The summed E-state index contributed by atoms with van der Waals surface area (Å²) >= 11 is 0. The van der Waals surface area contributed by atoms with Crippen LogP contribution in [0, 0.1) is 5.92 Å². The SMILES string of the molecule is CC1CC(CN)CN1C(=O)C(c1ccccc1)N1CCN(C)CC1.Cl.Cl. The second-order valence-corrected chi connectivity index (χ2v) is 7.33. The first-order chi connectivity index (χ1) is 11.6. The van der Waals surface area contributed by atoms with Gasteiger partial charge in [0.15, 0.2) is 0 Å². The highest BCUT2D eigenvalue weighted by molar-refractivity contribution is 5.85. The Balaban J connectivity index is 0.00000169. The predicted octanol–water partition coefficient (Wildman–Crippen LogP) is 2.01. The molecule has 0 aromatic heterocycles. The van der Waals surface area contributed by atoms with Crippen LogP contribution in [-0.4, -0.2) is 73.0 Å². The standard InChI is InChI=1S/C19H30N4O.2ClH/c1-15-12-16(13-20)14-23(15)19(24)18(17-6-4-3-5-7-17)22-10-8-21(2)9-11-22;;/h3-7,15-16,18H,8-14,20H2,1-2H3;2*1H. The predicted molar refractivity (Wildman–Crippen MR) is 111 cm³/mol. The molecule has 1 aromatic carbocycles. The summed E-state index contributed by atoms with van der Waals surface area (Å²) in [5, 5.41) is 0. The van der Waals surface area contributed by atoms with Crippen LogP contribution in [0.1, 0.15) is 24.9 Å². The number of nitrogens with two attached hydrogens (primary N) is 1. The van der Waals surface area contributed by atoms with Gasteiger partial charge in [-0.05, 0) is 38.4 Å². The van der Waals surface area contributed by atoms with Crippen molar-refractivity contribution in [3.8, 4) is 0 Å². The summed E-state index contributed by atoms with van der Waals surface area (Å²) in [6.45, 7) is 7.51. The Morgan fingerprint density at radius 3 is 2.31 bits per heavy atom. The number of amides is 1. The Morgan fingerprint density at radius 1 is 1.15 bits per heavy atom. The van der Waals surface area contributed by atoms with Crippen LogP contribution >= 0.6 is 24.8 Å². The van der Waals surface area contributed by atoms with Crippen LogP contribution in [0.15, 0.2) is 30.3 Å².